The summed E-state index contributed by atoms with van der Waals surface area (Å²) in [6.45, 7) is 0.410. The molecule has 2 saturated carbocycles. The third kappa shape index (κ3) is 4.94. The van der Waals surface area contributed by atoms with Crippen LogP contribution in [0.5, 0.6) is 11.5 Å². The van der Waals surface area contributed by atoms with Crippen LogP contribution in [0.25, 0.3) is 0 Å². The standard InChI is InChI=1S/C22H23Cl2NO5S/c1-29-20-10-5-14(13-25(16-6-7-16)22(26)15-3-2-4-15)11-21(20)30-31(27,28)17-8-9-18(23)19(24)12-17/h5,8-12,15-16H,2-4,6-7,13H2,1H3. The minimum atomic E-state index is -4.16. The Hall–Kier alpha value is -1.96. The van der Waals surface area contributed by atoms with Crippen LogP contribution in [0.3, 0.4) is 0 Å². The molecule has 1 amide bonds. The number of carbonyl (C=O) groups excluding carboxylic acids is 1. The molecule has 31 heavy (non-hydrogen) atoms. The molecule has 9 heteroatoms. The molecule has 2 aliphatic carbocycles. The summed E-state index contributed by atoms with van der Waals surface area (Å²) in [4.78, 5) is 14.6. The molecule has 2 aromatic carbocycles. The molecule has 4 rings (SSSR count). The van der Waals surface area contributed by atoms with E-state index in [1.165, 1.54) is 25.3 Å². The van der Waals surface area contributed by atoms with Crippen LogP contribution in [0.4, 0.5) is 0 Å². The van der Waals surface area contributed by atoms with Gasteiger partial charge in [-0.15, -0.1) is 0 Å². The van der Waals surface area contributed by atoms with E-state index in [0.29, 0.717) is 6.54 Å². The number of benzene rings is 2. The minimum absolute atomic E-state index is 0.0536. The van der Waals surface area contributed by atoms with E-state index < -0.39 is 10.1 Å². The van der Waals surface area contributed by atoms with Crippen LogP contribution in [0.2, 0.25) is 10.0 Å². The van der Waals surface area contributed by atoms with Gasteiger partial charge in [-0.2, -0.15) is 8.42 Å². The normalized spacial score (nSPS) is 16.5. The number of nitrogens with zero attached hydrogens (tertiary/aromatic N) is 1. The fourth-order valence-corrected chi connectivity index (χ4v) is 4.87. The van der Waals surface area contributed by atoms with E-state index in [0.717, 1.165) is 37.7 Å². The van der Waals surface area contributed by atoms with Crippen molar-refractivity contribution in [1.82, 2.24) is 4.90 Å². The molecule has 0 N–H and O–H groups in total. The third-order valence-electron chi connectivity index (χ3n) is 5.69. The Balaban J connectivity index is 1.58. The molecule has 6 nitrogen and oxygen atoms in total. The first-order valence-corrected chi connectivity index (χ1v) is 12.3. The largest absolute Gasteiger partial charge is 0.493 e. The number of methoxy groups -OCH3 is 1. The van der Waals surface area contributed by atoms with Crippen molar-refractivity contribution in [2.24, 2.45) is 5.92 Å². The van der Waals surface area contributed by atoms with Gasteiger partial charge in [-0.1, -0.05) is 35.7 Å². The second-order valence-electron chi connectivity index (χ2n) is 7.92. The van der Waals surface area contributed by atoms with E-state index in [1.807, 2.05) is 11.0 Å². The zero-order valence-electron chi connectivity index (χ0n) is 17.0. The van der Waals surface area contributed by atoms with Gasteiger partial charge in [-0.3, -0.25) is 4.79 Å². The fraction of sp³-hybridized carbons (Fsp3) is 0.409. The van der Waals surface area contributed by atoms with E-state index in [9.17, 15) is 13.2 Å². The van der Waals surface area contributed by atoms with E-state index in [4.69, 9.17) is 32.1 Å². The van der Waals surface area contributed by atoms with E-state index >= 15 is 0 Å². The summed E-state index contributed by atoms with van der Waals surface area (Å²) in [6, 6.07) is 9.30. The maximum absolute atomic E-state index is 12.8. The fourth-order valence-electron chi connectivity index (χ4n) is 3.54. The van der Waals surface area contributed by atoms with E-state index in [-0.39, 0.29) is 44.3 Å². The van der Waals surface area contributed by atoms with Crippen LogP contribution in [-0.4, -0.2) is 32.4 Å². The van der Waals surface area contributed by atoms with Crippen LogP contribution < -0.4 is 8.92 Å². The van der Waals surface area contributed by atoms with Crippen molar-refractivity contribution in [3.8, 4) is 11.5 Å². The molecule has 2 aromatic rings. The highest BCUT2D eigenvalue weighted by Gasteiger charge is 2.37. The summed E-state index contributed by atoms with van der Waals surface area (Å²) >= 11 is 11.8. The van der Waals surface area contributed by atoms with Crippen molar-refractivity contribution in [2.45, 2.75) is 49.6 Å². The van der Waals surface area contributed by atoms with Gasteiger partial charge >= 0.3 is 10.1 Å². The van der Waals surface area contributed by atoms with Gasteiger partial charge in [0.25, 0.3) is 0 Å². The SMILES string of the molecule is COc1ccc(CN(C(=O)C2CCC2)C2CC2)cc1OS(=O)(=O)c1ccc(Cl)c(Cl)c1. The third-order valence-corrected chi connectivity index (χ3v) is 7.65. The molecule has 166 valence electrons. The summed E-state index contributed by atoms with van der Waals surface area (Å²) in [6.07, 6.45) is 5.00. The predicted molar refractivity (Wildman–Crippen MR) is 118 cm³/mol. The quantitative estimate of drug-likeness (QED) is 0.490. The summed E-state index contributed by atoms with van der Waals surface area (Å²) in [7, 11) is -2.73. The number of hydrogen-bond acceptors (Lipinski definition) is 5. The van der Waals surface area contributed by atoms with E-state index in [1.54, 1.807) is 12.1 Å². The lowest BCUT2D eigenvalue weighted by Crippen LogP contribution is -2.39. The zero-order chi connectivity index (χ0) is 22.2. The number of amides is 1. The highest BCUT2D eigenvalue weighted by molar-refractivity contribution is 7.87. The van der Waals surface area contributed by atoms with Crippen molar-refractivity contribution >= 4 is 39.2 Å². The molecule has 0 spiro atoms. The molecule has 0 bridgehead atoms. The highest BCUT2D eigenvalue weighted by Crippen LogP contribution is 2.37. The lowest BCUT2D eigenvalue weighted by atomic mass is 9.84. The number of ether oxygens (including phenoxy) is 1. The minimum Gasteiger partial charge on any atom is -0.493 e. The molecule has 0 aromatic heterocycles. The lowest BCUT2D eigenvalue weighted by Gasteiger charge is -2.32. The molecule has 0 aliphatic heterocycles. The topological polar surface area (TPSA) is 72.9 Å². The Kier molecular flexibility index (Phi) is 6.37. The van der Waals surface area contributed by atoms with Gasteiger partial charge in [0.1, 0.15) is 4.90 Å². The average molecular weight is 484 g/mol. The first kappa shape index (κ1) is 22.2. The van der Waals surface area contributed by atoms with Gasteiger partial charge in [0.2, 0.25) is 5.91 Å². The Morgan fingerprint density at radius 3 is 2.35 bits per heavy atom. The lowest BCUT2D eigenvalue weighted by molar-refractivity contribution is -0.139. The van der Waals surface area contributed by atoms with Gasteiger partial charge in [0.05, 0.1) is 17.2 Å². The number of rotatable bonds is 8. The molecular formula is C22H23Cl2NO5S. The Morgan fingerprint density at radius 1 is 1.03 bits per heavy atom. The molecule has 2 fully saturated rings. The van der Waals surface area contributed by atoms with Crippen molar-refractivity contribution in [3.05, 3.63) is 52.0 Å². The van der Waals surface area contributed by atoms with Gasteiger partial charge in [-0.05, 0) is 61.6 Å². The molecule has 0 saturated heterocycles. The Labute approximate surface area is 192 Å². The van der Waals surface area contributed by atoms with Crippen molar-refractivity contribution in [3.63, 3.8) is 0 Å². The monoisotopic (exact) mass is 483 g/mol. The van der Waals surface area contributed by atoms with Crippen LogP contribution in [0.15, 0.2) is 41.3 Å². The number of halogens is 2. The molecule has 2 aliphatic rings. The van der Waals surface area contributed by atoms with Crippen molar-refractivity contribution in [2.75, 3.05) is 7.11 Å². The second-order valence-corrected chi connectivity index (χ2v) is 10.3. The summed E-state index contributed by atoms with van der Waals surface area (Å²) < 4.78 is 36.2. The van der Waals surface area contributed by atoms with Crippen LogP contribution >= 0.6 is 23.2 Å². The molecule has 0 radical (unpaired) electrons. The summed E-state index contributed by atoms with van der Waals surface area (Å²) in [5, 5.41) is 0.359. The molecular weight excluding hydrogens is 461 g/mol. The maximum Gasteiger partial charge on any atom is 0.339 e. The molecule has 0 unspecified atom stereocenters. The van der Waals surface area contributed by atoms with Gasteiger partial charge in [0.15, 0.2) is 11.5 Å². The summed E-state index contributed by atoms with van der Waals surface area (Å²) in [5.41, 5.74) is 0.778. The summed E-state index contributed by atoms with van der Waals surface area (Å²) in [5.74, 6) is 0.633. The number of carbonyl (C=O) groups is 1. The number of hydrogen-bond donors (Lipinski definition) is 0. The molecule has 0 heterocycles. The van der Waals surface area contributed by atoms with Crippen LogP contribution in [-0.2, 0) is 21.5 Å². The zero-order valence-corrected chi connectivity index (χ0v) is 19.3. The second kappa shape index (κ2) is 8.88. The van der Waals surface area contributed by atoms with Crippen molar-refractivity contribution in [1.29, 1.82) is 0 Å². The first-order valence-electron chi connectivity index (χ1n) is 10.2. The van der Waals surface area contributed by atoms with E-state index in [2.05, 4.69) is 0 Å². The predicted octanol–water partition coefficient (Wildman–Crippen LogP) is 5.06. The smallest absolute Gasteiger partial charge is 0.339 e. The van der Waals surface area contributed by atoms with Gasteiger partial charge in [-0.25, -0.2) is 0 Å². The highest BCUT2D eigenvalue weighted by atomic mass is 35.5. The maximum atomic E-state index is 12.8. The molecule has 0 atom stereocenters. The Morgan fingerprint density at radius 2 is 1.77 bits per heavy atom. The van der Waals surface area contributed by atoms with Crippen molar-refractivity contribution < 1.29 is 22.1 Å². The average Bonchev–Trinajstić information content (AvgIpc) is 3.51. The van der Waals surface area contributed by atoms with Gasteiger partial charge < -0.3 is 13.8 Å². The Bertz CT molecular complexity index is 1100. The first-order chi connectivity index (χ1) is 14.8. The van der Waals surface area contributed by atoms with Crippen LogP contribution in [0, 0.1) is 5.92 Å². The van der Waals surface area contributed by atoms with Gasteiger partial charge in [0, 0.05) is 18.5 Å². The van der Waals surface area contributed by atoms with Crippen LogP contribution in [0.1, 0.15) is 37.7 Å².